The molecule has 8 heteroatoms. The SMILES string of the molecule is COC(=O)c1cnc(NC2CCC(Nc3ccccn3)C2)nn1. The Kier molecular flexibility index (Phi) is 4.60. The van der Waals surface area contributed by atoms with Crippen molar-refractivity contribution in [3.63, 3.8) is 0 Å². The monoisotopic (exact) mass is 314 g/mol. The van der Waals surface area contributed by atoms with Gasteiger partial charge in [0.2, 0.25) is 5.95 Å². The molecule has 2 unspecified atom stereocenters. The van der Waals surface area contributed by atoms with Crippen LogP contribution in [0.3, 0.4) is 0 Å². The van der Waals surface area contributed by atoms with Crippen molar-refractivity contribution in [2.24, 2.45) is 0 Å². The summed E-state index contributed by atoms with van der Waals surface area (Å²) in [5.74, 6) is 0.761. The van der Waals surface area contributed by atoms with Crippen molar-refractivity contribution in [3.8, 4) is 0 Å². The molecule has 2 aromatic rings. The molecule has 2 aromatic heterocycles. The fourth-order valence-corrected chi connectivity index (χ4v) is 2.62. The van der Waals surface area contributed by atoms with Crippen molar-refractivity contribution in [3.05, 3.63) is 36.3 Å². The summed E-state index contributed by atoms with van der Waals surface area (Å²) in [6.07, 6.45) is 6.13. The molecular weight excluding hydrogens is 296 g/mol. The number of nitrogens with zero attached hydrogens (tertiary/aromatic N) is 4. The van der Waals surface area contributed by atoms with E-state index in [0.29, 0.717) is 12.0 Å². The van der Waals surface area contributed by atoms with Gasteiger partial charge < -0.3 is 15.4 Å². The van der Waals surface area contributed by atoms with Crippen LogP contribution in [0.1, 0.15) is 29.8 Å². The Morgan fingerprint density at radius 2 is 2.00 bits per heavy atom. The Morgan fingerprint density at radius 3 is 2.65 bits per heavy atom. The number of anilines is 2. The summed E-state index contributed by atoms with van der Waals surface area (Å²) < 4.78 is 4.56. The van der Waals surface area contributed by atoms with Crippen molar-refractivity contribution in [2.75, 3.05) is 17.7 Å². The molecule has 0 bridgehead atoms. The van der Waals surface area contributed by atoms with Crippen molar-refractivity contribution in [2.45, 2.75) is 31.3 Å². The zero-order valence-electron chi connectivity index (χ0n) is 12.8. The van der Waals surface area contributed by atoms with Gasteiger partial charge in [-0.25, -0.2) is 14.8 Å². The van der Waals surface area contributed by atoms with E-state index in [4.69, 9.17) is 0 Å². The minimum atomic E-state index is -0.544. The average Bonchev–Trinajstić information content (AvgIpc) is 3.02. The molecule has 120 valence electrons. The fraction of sp³-hybridized carbons (Fsp3) is 0.400. The maximum Gasteiger partial charge on any atom is 0.360 e. The molecule has 2 N–H and O–H groups in total. The molecule has 1 aliphatic carbocycles. The van der Waals surface area contributed by atoms with Crippen molar-refractivity contribution < 1.29 is 9.53 Å². The van der Waals surface area contributed by atoms with Crippen LogP contribution in [0.25, 0.3) is 0 Å². The zero-order valence-corrected chi connectivity index (χ0v) is 12.8. The van der Waals surface area contributed by atoms with Crippen LogP contribution in [0.5, 0.6) is 0 Å². The molecule has 8 nitrogen and oxygen atoms in total. The predicted molar refractivity (Wildman–Crippen MR) is 84.1 cm³/mol. The highest BCUT2D eigenvalue weighted by atomic mass is 16.5. The molecule has 0 spiro atoms. The largest absolute Gasteiger partial charge is 0.464 e. The second-order valence-electron chi connectivity index (χ2n) is 5.37. The lowest BCUT2D eigenvalue weighted by molar-refractivity contribution is 0.0592. The summed E-state index contributed by atoms with van der Waals surface area (Å²) in [5.41, 5.74) is 0.0965. The van der Waals surface area contributed by atoms with Gasteiger partial charge in [0.1, 0.15) is 5.82 Å². The lowest BCUT2D eigenvalue weighted by Gasteiger charge is -2.14. The maximum atomic E-state index is 11.3. The smallest absolute Gasteiger partial charge is 0.360 e. The molecule has 1 aliphatic rings. The Balaban J connectivity index is 1.52. The second-order valence-corrected chi connectivity index (χ2v) is 5.37. The van der Waals surface area contributed by atoms with Crippen LogP contribution < -0.4 is 10.6 Å². The van der Waals surface area contributed by atoms with Gasteiger partial charge in [0, 0.05) is 18.3 Å². The van der Waals surface area contributed by atoms with Crippen molar-refractivity contribution in [1.82, 2.24) is 20.2 Å². The van der Waals surface area contributed by atoms with E-state index in [2.05, 4.69) is 35.5 Å². The number of carbonyl (C=O) groups excluding carboxylic acids is 1. The Morgan fingerprint density at radius 1 is 1.17 bits per heavy atom. The minimum absolute atomic E-state index is 0.0965. The summed E-state index contributed by atoms with van der Waals surface area (Å²) >= 11 is 0. The highest BCUT2D eigenvalue weighted by Gasteiger charge is 2.25. The van der Waals surface area contributed by atoms with Gasteiger partial charge in [0.15, 0.2) is 5.69 Å². The van der Waals surface area contributed by atoms with Crippen LogP contribution in [-0.2, 0) is 4.74 Å². The summed E-state index contributed by atoms with van der Waals surface area (Å²) in [6, 6.07) is 6.44. The minimum Gasteiger partial charge on any atom is -0.464 e. The maximum absolute atomic E-state index is 11.3. The van der Waals surface area contributed by atoms with E-state index in [1.807, 2.05) is 18.2 Å². The molecule has 0 amide bonds. The third-order valence-electron chi connectivity index (χ3n) is 3.74. The van der Waals surface area contributed by atoms with Crippen LogP contribution >= 0.6 is 0 Å². The number of nitrogens with one attached hydrogen (secondary N) is 2. The van der Waals surface area contributed by atoms with Gasteiger partial charge in [-0.05, 0) is 31.4 Å². The fourth-order valence-electron chi connectivity index (χ4n) is 2.62. The van der Waals surface area contributed by atoms with Crippen LogP contribution in [0, 0.1) is 0 Å². The van der Waals surface area contributed by atoms with E-state index < -0.39 is 5.97 Å². The number of esters is 1. The first-order valence-corrected chi connectivity index (χ1v) is 7.47. The summed E-state index contributed by atoms with van der Waals surface area (Å²) in [4.78, 5) is 19.7. The number of hydrogen-bond donors (Lipinski definition) is 2. The average molecular weight is 314 g/mol. The van der Waals surface area contributed by atoms with Gasteiger partial charge in [0.25, 0.3) is 0 Å². The van der Waals surface area contributed by atoms with E-state index >= 15 is 0 Å². The lowest BCUT2D eigenvalue weighted by Crippen LogP contribution is -2.22. The summed E-state index contributed by atoms with van der Waals surface area (Å²) in [6.45, 7) is 0. The number of carbonyl (C=O) groups is 1. The van der Waals surface area contributed by atoms with E-state index in [-0.39, 0.29) is 11.7 Å². The van der Waals surface area contributed by atoms with E-state index in [0.717, 1.165) is 25.1 Å². The van der Waals surface area contributed by atoms with Crippen molar-refractivity contribution in [1.29, 1.82) is 0 Å². The first-order chi connectivity index (χ1) is 11.2. The molecule has 0 aromatic carbocycles. The first kappa shape index (κ1) is 15.1. The van der Waals surface area contributed by atoms with E-state index in [1.165, 1.54) is 13.3 Å². The van der Waals surface area contributed by atoms with Gasteiger partial charge in [0.05, 0.1) is 13.3 Å². The third kappa shape index (κ3) is 3.91. The van der Waals surface area contributed by atoms with Gasteiger partial charge >= 0.3 is 5.97 Å². The molecular formula is C15H18N6O2. The number of rotatable bonds is 5. The van der Waals surface area contributed by atoms with Gasteiger partial charge in [-0.1, -0.05) is 6.07 Å². The molecule has 2 heterocycles. The standard InChI is InChI=1S/C15H18N6O2/c1-23-14(22)12-9-17-15(21-20-12)19-11-6-5-10(8-11)18-13-4-2-3-7-16-13/h2-4,7,9-11H,5-6,8H2,1H3,(H,16,18)(H,17,19,21). The number of ether oxygens (including phenoxy) is 1. The first-order valence-electron chi connectivity index (χ1n) is 7.47. The number of hydrogen-bond acceptors (Lipinski definition) is 8. The number of aromatic nitrogens is 4. The highest BCUT2D eigenvalue weighted by molar-refractivity contribution is 5.86. The molecule has 1 saturated carbocycles. The highest BCUT2D eigenvalue weighted by Crippen LogP contribution is 2.24. The van der Waals surface area contributed by atoms with Gasteiger partial charge in [-0.15, -0.1) is 10.2 Å². The number of methoxy groups -OCH3 is 1. The second kappa shape index (κ2) is 6.99. The molecule has 0 saturated heterocycles. The number of pyridine rings is 1. The quantitative estimate of drug-likeness (QED) is 0.801. The summed E-state index contributed by atoms with van der Waals surface area (Å²) in [5, 5.41) is 14.4. The van der Waals surface area contributed by atoms with Crippen LogP contribution in [0.15, 0.2) is 30.6 Å². The molecule has 3 rings (SSSR count). The molecule has 0 aliphatic heterocycles. The van der Waals surface area contributed by atoms with Gasteiger partial charge in [-0.3, -0.25) is 0 Å². The van der Waals surface area contributed by atoms with Crippen LogP contribution in [0.2, 0.25) is 0 Å². The topological polar surface area (TPSA) is 102 Å². The molecule has 0 radical (unpaired) electrons. The Labute approximate surface area is 133 Å². The van der Waals surface area contributed by atoms with E-state index in [1.54, 1.807) is 6.20 Å². The molecule has 23 heavy (non-hydrogen) atoms. The summed E-state index contributed by atoms with van der Waals surface area (Å²) in [7, 11) is 1.30. The molecule has 2 atom stereocenters. The van der Waals surface area contributed by atoms with Crippen LogP contribution in [0.4, 0.5) is 11.8 Å². The van der Waals surface area contributed by atoms with Crippen molar-refractivity contribution >= 4 is 17.7 Å². The predicted octanol–water partition coefficient (Wildman–Crippen LogP) is 1.50. The normalized spacial score (nSPS) is 20.0. The Hall–Kier alpha value is -2.77. The third-order valence-corrected chi connectivity index (χ3v) is 3.74. The zero-order chi connectivity index (χ0) is 16.1. The van der Waals surface area contributed by atoms with E-state index in [9.17, 15) is 4.79 Å². The Bertz CT molecular complexity index is 649. The van der Waals surface area contributed by atoms with Crippen LogP contribution in [-0.4, -0.2) is 45.3 Å². The van der Waals surface area contributed by atoms with Gasteiger partial charge in [-0.2, -0.15) is 0 Å². The molecule has 1 fully saturated rings. The lowest BCUT2D eigenvalue weighted by atomic mass is 10.2.